The Morgan fingerprint density at radius 2 is 1.70 bits per heavy atom. The molecule has 0 aromatic heterocycles. The quantitative estimate of drug-likeness (QED) is 0.657. The average molecular weight is 408 g/mol. The van der Waals surface area contributed by atoms with Crippen LogP contribution in [0, 0.1) is 0 Å². The highest BCUT2D eigenvalue weighted by Crippen LogP contribution is 2.20. The number of benzene rings is 2. The number of nitrogens with one attached hydrogen (secondary N) is 2. The SMILES string of the molecule is CN(C)c1ccc(CCCNC(=O)CNC(=O)c2ccc(Cl)cc2Cl)cc1. The summed E-state index contributed by atoms with van der Waals surface area (Å²) in [5.74, 6) is -0.649. The highest BCUT2D eigenvalue weighted by Gasteiger charge is 2.11. The van der Waals surface area contributed by atoms with Crippen molar-refractivity contribution < 1.29 is 9.59 Å². The van der Waals surface area contributed by atoms with Crippen molar-refractivity contribution in [2.75, 3.05) is 32.1 Å². The summed E-state index contributed by atoms with van der Waals surface area (Å²) in [6, 6.07) is 12.9. The molecule has 0 aliphatic rings. The lowest BCUT2D eigenvalue weighted by molar-refractivity contribution is -0.120. The number of nitrogens with zero attached hydrogens (tertiary/aromatic N) is 1. The van der Waals surface area contributed by atoms with Crippen LogP contribution in [0.2, 0.25) is 10.0 Å². The van der Waals surface area contributed by atoms with Gasteiger partial charge in [0, 0.05) is 31.4 Å². The van der Waals surface area contributed by atoms with Crippen LogP contribution >= 0.6 is 23.2 Å². The molecule has 0 spiro atoms. The summed E-state index contributed by atoms with van der Waals surface area (Å²) < 4.78 is 0. The Labute approximate surface area is 169 Å². The maximum Gasteiger partial charge on any atom is 0.253 e. The lowest BCUT2D eigenvalue weighted by atomic mass is 10.1. The smallest absolute Gasteiger partial charge is 0.253 e. The molecular weight excluding hydrogens is 385 g/mol. The summed E-state index contributed by atoms with van der Waals surface area (Å²) in [5.41, 5.74) is 2.67. The number of hydrogen-bond donors (Lipinski definition) is 2. The molecule has 7 heteroatoms. The van der Waals surface area contributed by atoms with Crippen LogP contribution in [-0.4, -0.2) is 39.0 Å². The van der Waals surface area contributed by atoms with Gasteiger partial charge in [0.25, 0.3) is 5.91 Å². The summed E-state index contributed by atoms with van der Waals surface area (Å²) in [5, 5.41) is 6.05. The number of aryl methyl sites for hydroxylation is 1. The molecule has 0 unspecified atom stereocenters. The second-order valence-corrected chi connectivity index (χ2v) is 7.16. The summed E-state index contributed by atoms with van der Waals surface area (Å²) in [6.07, 6.45) is 1.70. The van der Waals surface area contributed by atoms with Gasteiger partial charge in [0.15, 0.2) is 0 Å². The van der Waals surface area contributed by atoms with E-state index in [9.17, 15) is 9.59 Å². The molecular formula is C20H23Cl2N3O2. The first-order chi connectivity index (χ1) is 12.9. The molecule has 0 saturated heterocycles. The van der Waals surface area contributed by atoms with Crippen LogP contribution in [0.15, 0.2) is 42.5 Å². The molecule has 144 valence electrons. The van der Waals surface area contributed by atoms with Crippen molar-refractivity contribution >= 4 is 40.7 Å². The maximum atomic E-state index is 12.0. The summed E-state index contributed by atoms with van der Waals surface area (Å²) >= 11 is 11.8. The average Bonchev–Trinajstić information content (AvgIpc) is 2.63. The van der Waals surface area contributed by atoms with Crippen molar-refractivity contribution in [2.24, 2.45) is 0 Å². The molecule has 0 aliphatic heterocycles. The highest BCUT2D eigenvalue weighted by atomic mass is 35.5. The van der Waals surface area contributed by atoms with E-state index in [2.05, 4.69) is 39.8 Å². The molecule has 0 saturated carbocycles. The van der Waals surface area contributed by atoms with E-state index in [0.29, 0.717) is 11.6 Å². The number of anilines is 1. The molecule has 0 fully saturated rings. The maximum absolute atomic E-state index is 12.0. The van der Waals surface area contributed by atoms with Gasteiger partial charge < -0.3 is 15.5 Å². The highest BCUT2D eigenvalue weighted by molar-refractivity contribution is 6.36. The van der Waals surface area contributed by atoms with Crippen molar-refractivity contribution in [2.45, 2.75) is 12.8 Å². The second-order valence-electron chi connectivity index (χ2n) is 6.32. The standard InChI is InChI=1S/C20H23Cl2N3O2/c1-25(2)16-8-5-14(6-9-16)4-3-11-23-19(26)13-24-20(27)17-10-7-15(21)12-18(17)22/h5-10,12H,3-4,11,13H2,1-2H3,(H,23,26)(H,24,27). The van der Waals surface area contributed by atoms with Crippen LogP contribution in [0.4, 0.5) is 5.69 Å². The molecule has 0 bridgehead atoms. The lowest BCUT2D eigenvalue weighted by Crippen LogP contribution is -2.37. The number of carbonyl (C=O) groups excluding carboxylic acids is 2. The van der Waals surface area contributed by atoms with E-state index >= 15 is 0 Å². The molecule has 2 aromatic carbocycles. The van der Waals surface area contributed by atoms with Crippen LogP contribution in [0.3, 0.4) is 0 Å². The minimum absolute atomic E-state index is 0.102. The number of carbonyl (C=O) groups is 2. The van der Waals surface area contributed by atoms with Gasteiger partial charge >= 0.3 is 0 Å². The fraction of sp³-hybridized carbons (Fsp3) is 0.300. The van der Waals surface area contributed by atoms with Crippen LogP contribution in [0.5, 0.6) is 0 Å². The zero-order chi connectivity index (χ0) is 19.8. The van der Waals surface area contributed by atoms with Crippen LogP contribution < -0.4 is 15.5 Å². The van der Waals surface area contributed by atoms with E-state index in [1.54, 1.807) is 6.07 Å². The molecule has 5 nitrogen and oxygen atoms in total. The third kappa shape index (κ3) is 6.77. The molecule has 0 aliphatic carbocycles. The molecule has 2 rings (SSSR count). The second kappa shape index (κ2) is 10.2. The molecule has 2 aromatic rings. The Bertz CT molecular complexity index is 792. The van der Waals surface area contributed by atoms with Crippen LogP contribution in [0.1, 0.15) is 22.3 Å². The monoisotopic (exact) mass is 407 g/mol. The van der Waals surface area contributed by atoms with Crippen molar-refractivity contribution in [1.82, 2.24) is 10.6 Å². The zero-order valence-corrected chi connectivity index (χ0v) is 16.9. The predicted molar refractivity (Wildman–Crippen MR) is 111 cm³/mol. The Morgan fingerprint density at radius 3 is 2.33 bits per heavy atom. The van der Waals surface area contributed by atoms with Gasteiger partial charge in [-0.05, 0) is 48.7 Å². The molecule has 27 heavy (non-hydrogen) atoms. The minimum Gasteiger partial charge on any atom is -0.378 e. The zero-order valence-electron chi connectivity index (χ0n) is 15.4. The minimum atomic E-state index is -0.409. The van der Waals surface area contributed by atoms with E-state index < -0.39 is 5.91 Å². The molecule has 0 radical (unpaired) electrons. The van der Waals surface area contributed by atoms with Gasteiger partial charge in [-0.25, -0.2) is 0 Å². The van der Waals surface area contributed by atoms with E-state index in [1.165, 1.54) is 17.7 Å². The molecule has 0 atom stereocenters. The number of halogens is 2. The van der Waals surface area contributed by atoms with Gasteiger partial charge in [-0.3, -0.25) is 9.59 Å². The number of amides is 2. The van der Waals surface area contributed by atoms with E-state index in [4.69, 9.17) is 23.2 Å². The number of hydrogen-bond acceptors (Lipinski definition) is 3. The van der Waals surface area contributed by atoms with Crippen molar-refractivity contribution in [3.63, 3.8) is 0 Å². The van der Waals surface area contributed by atoms with E-state index in [1.807, 2.05) is 14.1 Å². The topological polar surface area (TPSA) is 61.4 Å². The van der Waals surface area contributed by atoms with E-state index in [0.717, 1.165) is 18.5 Å². The van der Waals surface area contributed by atoms with Gasteiger partial charge in [-0.15, -0.1) is 0 Å². The van der Waals surface area contributed by atoms with Crippen molar-refractivity contribution in [3.8, 4) is 0 Å². The Hall–Kier alpha value is -2.24. The fourth-order valence-corrected chi connectivity index (χ4v) is 2.97. The van der Waals surface area contributed by atoms with Gasteiger partial charge in [0.1, 0.15) is 0 Å². The molecule has 0 heterocycles. The normalized spacial score (nSPS) is 10.4. The first kappa shape index (κ1) is 21.1. The van der Waals surface area contributed by atoms with Crippen LogP contribution in [0.25, 0.3) is 0 Å². The number of rotatable bonds is 8. The Kier molecular flexibility index (Phi) is 7.95. The van der Waals surface area contributed by atoms with Gasteiger partial charge in [0.2, 0.25) is 5.91 Å². The third-order valence-corrected chi connectivity index (χ3v) is 4.55. The van der Waals surface area contributed by atoms with Gasteiger partial charge in [-0.1, -0.05) is 35.3 Å². The molecule has 2 amide bonds. The third-order valence-electron chi connectivity index (χ3n) is 4.00. The largest absolute Gasteiger partial charge is 0.378 e. The van der Waals surface area contributed by atoms with Crippen molar-refractivity contribution in [1.29, 1.82) is 0 Å². The summed E-state index contributed by atoms with van der Waals surface area (Å²) in [4.78, 5) is 26.0. The summed E-state index contributed by atoms with van der Waals surface area (Å²) in [7, 11) is 4.01. The van der Waals surface area contributed by atoms with E-state index in [-0.39, 0.29) is 23.0 Å². The first-order valence-corrected chi connectivity index (χ1v) is 9.38. The Morgan fingerprint density at radius 1 is 1.00 bits per heavy atom. The lowest BCUT2D eigenvalue weighted by Gasteiger charge is -2.12. The van der Waals surface area contributed by atoms with Gasteiger partial charge in [-0.2, -0.15) is 0 Å². The fourth-order valence-electron chi connectivity index (χ4n) is 2.47. The Balaban J connectivity index is 1.68. The predicted octanol–water partition coefficient (Wildman–Crippen LogP) is 3.54. The summed E-state index contributed by atoms with van der Waals surface area (Å²) in [6.45, 7) is 0.446. The first-order valence-electron chi connectivity index (χ1n) is 8.63. The molecule has 2 N–H and O–H groups in total. The van der Waals surface area contributed by atoms with Crippen LogP contribution in [-0.2, 0) is 11.2 Å². The van der Waals surface area contributed by atoms with Crippen molar-refractivity contribution in [3.05, 3.63) is 63.6 Å². The van der Waals surface area contributed by atoms with Gasteiger partial charge in [0.05, 0.1) is 17.1 Å².